The van der Waals surface area contributed by atoms with Crippen molar-refractivity contribution in [2.24, 2.45) is 5.92 Å². The standard InChI is InChI=1S/C12H25NO/c1-4-5-6-11-7-12(8-13-11)14-9-10(2)3/h10-13H,4-9H2,1-3H3/t11-,12+/m0/s1. The van der Waals surface area contributed by atoms with Gasteiger partial charge in [0.2, 0.25) is 0 Å². The normalized spacial score (nSPS) is 27.4. The van der Waals surface area contributed by atoms with E-state index in [2.05, 4.69) is 26.1 Å². The highest BCUT2D eigenvalue weighted by Crippen LogP contribution is 2.16. The van der Waals surface area contributed by atoms with Gasteiger partial charge in [-0.25, -0.2) is 0 Å². The molecular formula is C12H25NO. The van der Waals surface area contributed by atoms with Gasteiger partial charge in [-0.2, -0.15) is 0 Å². The van der Waals surface area contributed by atoms with E-state index in [1.807, 2.05) is 0 Å². The van der Waals surface area contributed by atoms with Gasteiger partial charge in [-0.05, 0) is 18.8 Å². The van der Waals surface area contributed by atoms with E-state index in [0.29, 0.717) is 18.1 Å². The van der Waals surface area contributed by atoms with Crippen LogP contribution in [0.4, 0.5) is 0 Å². The van der Waals surface area contributed by atoms with Gasteiger partial charge in [0.05, 0.1) is 6.10 Å². The van der Waals surface area contributed by atoms with Crippen LogP contribution in [-0.2, 0) is 4.74 Å². The molecule has 1 heterocycles. The van der Waals surface area contributed by atoms with Crippen molar-refractivity contribution in [3.05, 3.63) is 0 Å². The van der Waals surface area contributed by atoms with Gasteiger partial charge in [0.1, 0.15) is 0 Å². The maximum atomic E-state index is 5.81. The minimum Gasteiger partial charge on any atom is -0.377 e. The van der Waals surface area contributed by atoms with E-state index < -0.39 is 0 Å². The monoisotopic (exact) mass is 199 g/mol. The molecule has 1 saturated heterocycles. The van der Waals surface area contributed by atoms with Crippen LogP contribution in [0.3, 0.4) is 0 Å². The zero-order chi connectivity index (χ0) is 10.4. The SMILES string of the molecule is CCCC[C@H]1C[C@@H](OCC(C)C)CN1. The summed E-state index contributed by atoms with van der Waals surface area (Å²) in [5.74, 6) is 0.657. The van der Waals surface area contributed by atoms with Crippen molar-refractivity contribution in [2.75, 3.05) is 13.2 Å². The summed E-state index contributed by atoms with van der Waals surface area (Å²) in [6, 6.07) is 0.715. The first-order chi connectivity index (χ1) is 6.72. The lowest BCUT2D eigenvalue weighted by Crippen LogP contribution is -2.21. The fourth-order valence-electron chi connectivity index (χ4n) is 1.91. The lowest BCUT2D eigenvalue weighted by atomic mass is 10.1. The fraction of sp³-hybridized carbons (Fsp3) is 1.00. The molecule has 1 fully saturated rings. The van der Waals surface area contributed by atoms with Crippen LogP contribution >= 0.6 is 0 Å². The summed E-state index contributed by atoms with van der Waals surface area (Å²) in [7, 11) is 0. The van der Waals surface area contributed by atoms with Crippen molar-refractivity contribution >= 4 is 0 Å². The molecule has 0 amide bonds. The molecule has 0 aromatic heterocycles. The van der Waals surface area contributed by atoms with E-state index in [1.165, 1.54) is 25.7 Å². The summed E-state index contributed by atoms with van der Waals surface area (Å²) >= 11 is 0. The van der Waals surface area contributed by atoms with Crippen molar-refractivity contribution in [3.8, 4) is 0 Å². The van der Waals surface area contributed by atoms with Gasteiger partial charge < -0.3 is 10.1 Å². The quantitative estimate of drug-likeness (QED) is 0.710. The van der Waals surface area contributed by atoms with Crippen LogP contribution in [0.1, 0.15) is 46.5 Å². The first-order valence-electron chi connectivity index (χ1n) is 6.07. The molecule has 0 aromatic carbocycles. The predicted octanol–water partition coefficient (Wildman–Crippen LogP) is 2.58. The third-order valence-corrected chi connectivity index (χ3v) is 2.75. The summed E-state index contributed by atoms with van der Waals surface area (Å²) < 4.78 is 5.81. The van der Waals surface area contributed by atoms with Crippen molar-refractivity contribution in [2.45, 2.75) is 58.6 Å². The number of ether oxygens (including phenoxy) is 1. The Morgan fingerprint density at radius 3 is 2.86 bits per heavy atom. The van der Waals surface area contributed by atoms with Crippen LogP contribution < -0.4 is 5.32 Å². The van der Waals surface area contributed by atoms with Crippen LogP contribution in [-0.4, -0.2) is 25.3 Å². The smallest absolute Gasteiger partial charge is 0.0714 e. The molecule has 0 spiro atoms. The van der Waals surface area contributed by atoms with Crippen molar-refractivity contribution in [1.29, 1.82) is 0 Å². The zero-order valence-electron chi connectivity index (χ0n) is 9.88. The van der Waals surface area contributed by atoms with E-state index >= 15 is 0 Å². The summed E-state index contributed by atoms with van der Waals surface area (Å²) in [6.07, 6.45) is 5.65. The Labute approximate surface area is 88.4 Å². The number of hydrogen-bond acceptors (Lipinski definition) is 2. The van der Waals surface area contributed by atoms with Gasteiger partial charge in [-0.15, -0.1) is 0 Å². The number of nitrogens with one attached hydrogen (secondary N) is 1. The number of hydrogen-bond donors (Lipinski definition) is 1. The van der Waals surface area contributed by atoms with E-state index in [-0.39, 0.29) is 0 Å². The summed E-state index contributed by atoms with van der Waals surface area (Å²) in [6.45, 7) is 8.63. The predicted molar refractivity (Wildman–Crippen MR) is 60.5 cm³/mol. The molecule has 2 atom stereocenters. The molecule has 0 aromatic rings. The van der Waals surface area contributed by atoms with Gasteiger partial charge in [0, 0.05) is 19.2 Å². The van der Waals surface area contributed by atoms with E-state index in [1.54, 1.807) is 0 Å². The van der Waals surface area contributed by atoms with Crippen LogP contribution in [0.25, 0.3) is 0 Å². The average Bonchev–Trinajstić information content (AvgIpc) is 2.59. The average molecular weight is 199 g/mol. The minimum absolute atomic E-state index is 0.472. The highest BCUT2D eigenvalue weighted by molar-refractivity contribution is 4.82. The summed E-state index contributed by atoms with van der Waals surface area (Å²) in [4.78, 5) is 0. The topological polar surface area (TPSA) is 21.3 Å². The van der Waals surface area contributed by atoms with E-state index in [0.717, 1.165) is 13.2 Å². The van der Waals surface area contributed by atoms with Crippen molar-refractivity contribution in [1.82, 2.24) is 5.32 Å². The van der Waals surface area contributed by atoms with Crippen LogP contribution in [0.5, 0.6) is 0 Å². The molecule has 1 aliphatic rings. The summed E-state index contributed by atoms with van der Waals surface area (Å²) in [5.41, 5.74) is 0. The Balaban J connectivity index is 2.08. The molecule has 2 heteroatoms. The minimum atomic E-state index is 0.472. The van der Waals surface area contributed by atoms with E-state index in [4.69, 9.17) is 4.74 Å². The molecule has 0 saturated carbocycles. The Morgan fingerprint density at radius 1 is 1.43 bits per heavy atom. The Morgan fingerprint density at radius 2 is 2.21 bits per heavy atom. The maximum absolute atomic E-state index is 5.81. The second-order valence-corrected chi connectivity index (χ2v) is 4.83. The Bertz CT molecular complexity index is 147. The van der Waals surface area contributed by atoms with Crippen molar-refractivity contribution < 1.29 is 4.74 Å². The number of unbranched alkanes of at least 4 members (excludes halogenated alkanes) is 1. The lowest BCUT2D eigenvalue weighted by Gasteiger charge is -2.13. The fourth-order valence-corrected chi connectivity index (χ4v) is 1.91. The van der Waals surface area contributed by atoms with Gasteiger partial charge in [-0.3, -0.25) is 0 Å². The zero-order valence-corrected chi connectivity index (χ0v) is 9.88. The third-order valence-electron chi connectivity index (χ3n) is 2.75. The Kier molecular flexibility index (Phi) is 5.49. The second kappa shape index (κ2) is 6.41. The molecule has 1 rings (SSSR count). The molecule has 14 heavy (non-hydrogen) atoms. The molecule has 0 aliphatic carbocycles. The van der Waals surface area contributed by atoms with Gasteiger partial charge in [0.15, 0.2) is 0 Å². The van der Waals surface area contributed by atoms with Gasteiger partial charge >= 0.3 is 0 Å². The second-order valence-electron chi connectivity index (χ2n) is 4.83. The molecule has 0 unspecified atom stereocenters. The first kappa shape index (κ1) is 12.0. The molecule has 84 valence electrons. The highest BCUT2D eigenvalue weighted by Gasteiger charge is 2.23. The highest BCUT2D eigenvalue weighted by atomic mass is 16.5. The first-order valence-corrected chi connectivity index (χ1v) is 6.07. The largest absolute Gasteiger partial charge is 0.377 e. The van der Waals surface area contributed by atoms with Crippen molar-refractivity contribution in [3.63, 3.8) is 0 Å². The van der Waals surface area contributed by atoms with Crippen LogP contribution in [0, 0.1) is 5.92 Å². The number of rotatable bonds is 6. The Hall–Kier alpha value is -0.0800. The molecule has 1 aliphatic heterocycles. The molecular weight excluding hydrogens is 174 g/mol. The molecule has 2 nitrogen and oxygen atoms in total. The summed E-state index contributed by atoms with van der Waals surface area (Å²) in [5, 5.41) is 3.54. The van der Waals surface area contributed by atoms with Gasteiger partial charge in [0.25, 0.3) is 0 Å². The van der Waals surface area contributed by atoms with E-state index in [9.17, 15) is 0 Å². The molecule has 0 radical (unpaired) electrons. The maximum Gasteiger partial charge on any atom is 0.0714 e. The molecule has 1 N–H and O–H groups in total. The van der Waals surface area contributed by atoms with Gasteiger partial charge in [-0.1, -0.05) is 33.6 Å². The third kappa shape index (κ3) is 4.43. The molecule has 0 bridgehead atoms. The van der Waals surface area contributed by atoms with Crippen LogP contribution in [0.2, 0.25) is 0 Å². The van der Waals surface area contributed by atoms with Crippen LogP contribution in [0.15, 0.2) is 0 Å². The lowest BCUT2D eigenvalue weighted by molar-refractivity contribution is 0.0469.